The Morgan fingerprint density at radius 1 is 1.47 bits per heavy atom. The van der Waals surface area contributed by atoms with E-state index in [1.165, 1.54) is 4.68 Å². The molecule has 1 aromatic carbocycles. The van der Waals surface area contributed by atoms with Crippen LogP contribution in [0.4, 0.5) is 10.5 Å². The van der Waals surface area contributed by atoms with Crippen molar-refractivity contribution in [2.24, 2.45) is 0 Å². The largest absolute Gasteiger partial charge is 0.447 e. The first-order valence-electron chi connectivity index (χ1n) is 5.61. The molecule has 1 N–H and O–H groups in total. The summed E-state index contributed by atoms with van der Waals surface area (Å²) in [5.41, 5.74) is 1.28. The summed E-state index contributed by atoms with van der Waals surface area (Å²) in [5, 5.41) is 14.0. The van der Waals surface area contributed by atoms with Gasteiger partial charge >= 0.3 is 6.09 Å². The number of ether oxygens (including phenoxy) is 1. The van der Waals surface area contributed by atoms with Gasteiger partial charge in [0.15, 0.2) is 0 Å². The minimum atomic E-state index is -0.505. The van der Waals surface area contributed by atoms with Gasteiger partial charge in [-0.15, -0.1) is 17.7 Å². The van der Waals surface area contributed by atoms with Crippen LogP contribution in [0.15, 0.2) is 29.4 Å². The highest BCUT2D eigenvalue weighted by atomic mass is 32.1. The van der Waals surface area contributed by atoms with Crippen molar-refractivity contribution in [2.75, 3.05) is 5.32 Å². The first-order valence-corrected chi connectivity index (χ1v) is 6.06. The lowest BCUT2D eigenvalue weighted by atomic mass is 10.3. The molecule has 0 saturated heterocycles. The fraction of sp³-hybridized carbons (Fsp3) is 0.273. The topological polar surface area (TPSA) is 81.9 Å². The summed E-state index contributed by atoms with van der Waals surface area (Å²) in [4.78, 5) is 11.5. The molecule has 100 valence electrons. The van der Waals surface area contributed by atoms with Crippen molar-refractivity contribution in [1.82, 2.24) is 20.2 Å². The van der Waals surface area contributed by atoms with E-state index < -0.39 is 6.09 Å². The number of nitrogens with zero attached hydrogens (tertiary/aromatic N) is 4. The summed E-state index contributed by atoms with van der Waals surface area (Å²) >= 11 is 4.12. The Morgan fingerprint density at radius 2 is 2.26 bits per heavy atom. The van der Waals surface area contributed by atoms with E-state index in [0.717, 1.165) is 0 Å². The van der Waals surface area contributed by atoms with Crippen LogP contribution >= 0.6 is 12.6 Å². The lowest BCUT2D eigenvalue weighted by molar-refractivity contribution is 0.130. The summed E-state index contributed by atoms with van der Waals surface area (Å²) in [7, 11) is 0. The van der Waals surface area contributed by atoms with Crippen molar-refractivity contribution in [1.29, 1.82) is 0 Å². The number of amides is 1. The molecule has 1 aromatic heterocycles. The van der Waals surface area contributed by atoms with Crippen molar-refractivity contribution in [3.05, 3.63) is 24.3 Å². The Labute approximate surface area is 115 Å². The summed E-state index contributed by atoms with van der Waals surface area (Å²) in [5.74, 6) is 0. The summed E-state index contributed by atoms with van der Waals surface area (Å²) < 4.78 is 6.44. The van der Waals surface area contributed by atoms with E-state index >= 15 is 0 Å². The van der Waals surface area contributed by atoms with Gasteiger partial charge in [0.05, 0.1) is 11.8 Å². The minimum Gasteiger partial charge on any atom is -0.447 e. The molecule has 2 rings (SSSR count). The fourth-order valence-electron chi connectivity index (χ4n) is 1.43. The monoisotopic (exact) mass is 279 g/mol. The SMILES string of the molecule is CC(C)OC(=O)Nc1cccc(-n2nnnc2S)c1. The van der Waals surface area contributed by atoms with E-state index in [0.29, 0.717) is 16.5 Å². The number of thiol groups is 1. The van der Waals surface area contributed by atoms with Crippen molar-refractivity contribution in [3.63, 3.8) is 0 Å². The zero-order valence-corrected chi connectivity index (χ0v) is 11.3. The van der Waals surface area contributed by atoms with Gasteiger partial charge in [0.25, 0.3) is 0 Å². The molecule has 0 aliphatic carbocycles. The third-order valence-corrected chi connectivity index (χ3v) is 2.41. The molecule has 0 fully saturated rings. The Hall–Kier alpha value is -2.09. The number of aromatic nitrogens is 4. The van der Waals surface area contributed by atoms with E-state index in [4.69, 9.17) is 4.74 Å². The number of rotatable bonds is 3. The van der Waals surface area contributed by atoms with Gasteiger partial charge in [-0.05, 0) is 42.5 Å². The molecule has 2 aromatic rings. The lowest BCUT2D eigenvalue weighted by Gasteiger charge is -2.10. The molecule has 0 spiro atoms. The van der Waals surface area contributed by atoms with Gasteiger partial charge in [0, 0.05) is 5.69 Å². The molecule has 0 bridgehead atoms. The van der Waals surface area contributed by atoms with Gasteiger partial charge in [0.2, 0.25) is 5.16 Å². The fourth-order valence-corrected chi connectivity index (χ4v) is 1.62. The molecule has 0 radical (unpaired) electrons. The van der Waals surface area contributed by atoms with Crippen LogP contribution < -0.4 is 5.32 Å². The van der Waals surface area contributed by atoms with E-state index in [1.54, 1.807) is 38.1 Å². The average Bonchev–Trinajstić information content (AvgIpc) is 2.74. The van der Waals surface area contributed by atoms with E-state index in [-0.39, 0.29) is 6.10 Å². The average molecular weight is 279 g/mol. The highest BCUT2D eigenvalue weighted by molar-refractivity contribution is 7.80. The molecule has 0 saturated carbocycles. The molecule has 8 heteroatoms. The molecular formula is C11H13N5O2S. The van der Waals surface area contributed by atoms with Crippen LogP contribution in [0.25, 0.3) is 5.69 Å². The second-order valence-corrected chi connectivity index (χ2v) is 4.42. The third kappa shape index (κ3) is 3.44. The van der Waals surface area contributed by atoms with Crippen LogP contribution in [-0.4, -0.2) is 32.4 Å². The molecule has 19 heavy (non-hydrogen) atoms. The smallest absolute Gasteiger partial charge is 0.411 e. The number of hydrogen-bond donors (Lipinski definition) is 2. The molecule has 1 amide bonds. The third-order valence-electron chi connectivity index (χ3n) is 2.13. The van der Waals surface area contributed by atoms with E-state index in [9.17, 15) is 4.79 Å². The van der Waals surface area contributed by atoms with Gasteiger partial charge < -0.3 is 4.74 Å². The van der Waals surface area contributed by atoms with Gasteiger partial charge in [-0.25, -0.2) is 4.79 Å². The van der Waals surface area contributed by atoms with Crippen LogP contribution in [0.1, 0.15) is 13.8 Å². The van der Waals surface area contributed by atoms with Crippen LogP contribution in [0, 0.1) is 0 Å². The van der Waals surface area contributed by atoms with Crippen LogP contribution in [-0.2, 0) is 4.74 Å². The Morgan fingerprint density at radius 3 is 2.89 bits per heavy atom. The lowest BCUT2D eigenvalue weighted by Crippen LogP contribution is -2.18. The number of carbonyl (C=O) groups excluding carboxylic acids is 1. The number of tetrazole rings is 1. The Bertz CT molecular complexity index is 584. The number of benzene rings is 1. The summed E-state index contributed by atoms with van der Waals surface area (Å²) in [6.45, 7) is 3.56. The molecule has 0 atom stereocenters. The first kappa shape index (κ1) is 13.3. The van der Waals surface area contributed by atoms with Crippen molar-refractivity contribution < 1.29 is 9.53 Å². The summed E-state index contributed by atoms with van der Waals surface area (Å²) in [6, 6.07) is 7.04. The van der Waals surface area contributed by atoms with Crippen LogP contribution in [0.2, 0.25) is 0 Å². The molecule has 0 aliphatic heterocycles. The first-order chi connectivity index (χ1) is 9.06. The molecule has 1 heterocycles. The normalized spacial score (nSPS) is 10.5. The standard InChI is InChI=1S/C11H13N5O2S/c1-7(2)18-11(17)12-8-4-3-5-9(6-8)16-10(19)13-14-15-16/h3-7H,1-2H3,(H,12,17)(H,13,15,19). The van der Waals surface area contributed by atoms with Crippen molar-refractivity contribution in [3.8, 4) is 5.69 Å². The van der Waals surface area contributed by atoms with Crippen molar-refractivity contribution in [2.45, 2.75) is 25.1 Å². The number of hydrogen-bond acceptors (Lipinski definition) is 6. The Balaban J connectivity index is 2.16. The molecule has 0 aliphatic rings. The van der Waals surface area contributed by atoms with Crippen LogP contribution in [0.5, 0.6) is 0 Å². The second-order valence-electron chi connectivity index (χ2n) is 4.02. The van der Waals surface area contributed by atoms with Crippen LogP contribution in [0.3, 0.4) is 0 Å². The minimum absolute atomic E-state index is 0.174. The van der Waals surface area contributed by atoms with Gasteiger partial charge in [-0.3, -0.25) is 5.32 Å². The van der Waals surface area contributed by atoms with Crippen molar-refractivity contribution >= 4 is 24.4 Å². The highest BCUT2D eigenvalue weighted by Crippen LogP contribution is 2.16. The summed E-state index contributed by atoms with van der Waals surface area (Å²) in [6.07, 6.45) is -0.679. The van der Waals surface area contributed by atoms with Gasteiger partial charge in [-0.1, -0.05) is 6.07 Å². The van der Waals surface area contributed by atoms with Gasteiger partial charge in [-0.2, -0.15) is 4.68 Å². The zero-order valence-electron chi connectivity index (χ0n) is 10.4. The maximum absolute atomic E-state index is 11.5. The number of nitrogens with one attached hydrogen (secondary N) is 1. The quantitative estimate of drug-likeness (QED) is 0.839. The number of carbonyl (C=O) groups is 1. The predicted octanol–water partition coefficient (Wildman–Crippen LogP) is 1.91. The predicted molar refractivity (Wildman–Crippen MR) is 71.6 cm³/mol. The molecular weight excluding hydrogens is 266 g/mol. The van der Waals surface area contributed by atoms with E-state index in [2.05, 4.69) is 33.5 Å². The maximum Gasteiger partial charge on any atom is 0.411 e. The number of anilines is 1. The van der Waals surface area contributed by atoms with E-state index in [1.807, 2.05) is 0 Å². The molecule has 0 unspecified atom stereocenters. The van der Waals surface area contributed by atoms with Gasteiger partial charge in [0.1, 0.15) is 0 Å². The Kier molecular flexibility index (Phi) is 4.00. The highest BCUT2D eigenvalue weighted by Gasteiger charge is 2.08. The second kappa shape index (κ2) is 5.70. The zero-order chi connectivity index (χ0) is 13.8. The molecule has 7 nitrogen and oxygen atoms in total. The maximum atomic E-state index is 11.5.